The summed E-state index contributed by atoms with van der Waals surface area (Å²) in [5, 5.41) is 5.71. The van der Waals surface area contributed by atoms with Gasteiger partial charge in [-0.3, -0.25) is 9.59 Å². The molecule has 0 fully saturated rings. The lowest BCUT2D eigenvalue weighted by molar-refractivity contribution is -0.118. The smallest absolute Gasteiger partial charge is 0.252 e. The van der Waals surface area contributed by atoms with Gasteiger partial charge in [-0.25, -0.2) is 0 Å². The van der Waals surface area contributed by atoms with Crippen molar-refractivity contribution in [1.82, 2.24) is 5.32 Å². The van der Waals surface area contributed by atoms with E-state index in [2.05, 4.69) is 10.6 Å². The van der Waals surface area contributed by atoms with E-state index in [0.29, 0.717) is 12.0 Å². The van der Waals surface area contributed by atoms with E-state index in [1.165, 1.54) is 0 Å². The van der Waals surface area contributed by atoms with Gasteiger partial charge in [-0.05, 0) is 29.7 Å². The number of rotatable bonds is 3. The van der Waals surface area contributed by atoms with Crippen LogP contribution in [0, 0.1) is 0 Å². The van der Waals surface area contributed by atoms with Crippen molar-refractivity contribution in [3.63, 3.8) is 0 Å². The molecule has 4 nitrogen and oxygen atoms in total. The second kappa shape index (κ2) is 6.02. The Hall–Kier alpha value is -2.62. The number of aryl methyl sites for hydroxylation is 1. The quantitative estimate of drug-likeness (QED) is 0.914. The van der Waals surface area contributed by atoms with E-state index in [0.717, 1.165) is 23.2 Å². The first-order valence-corrected chi connectivity index (χ1v) is 7.46. The molecular formula is C18H18N2O2. The SMILES string of the molecule is CCc1ccccc1NC(=O)C1Cc2ccccc2C(=O)N1. The molecule has 0 aliphatic carbocycles. The van der Waals surface area contributed by atoms with Crippen LogP contribution in [0.15, 0.2) is 48.5 Å². The van der Waals surface area contributed by atoms with Gasteiger partial charge in [0.25, 0.3) is 5.91 Å². The van der Waals surface area contributed by atoms with Crippen molar-refractivity contribution in [2.45, 2.75) is 25.8 Å². The number of fused-ring (bicyclic) bond motifs is 1. The number of benzene rings is 2. The van der Waals surface area contributed by atoms with Crippen molar-refractivity contribution in [3.05, 3.63) is 65.2 Å². The lowest BCUT2D eigenvalue weighted by atomic mass is 9.95. The summed E-state index contributed by atoms with van der Waals surface area (Å²) in [7, 11) is 0. The van der Waals surface area contributed by atoms with Crippen LogP contribution in [0.3, 0.4) is 0 Å². The summed E-state index contributed by atoms with van der Waals surface area (Å²) in [6.07, 6.45) is 1.36. The lowest BCUT2D eigenvalue weighted by Crippen LogP contribution is -2.48. The number of nitrogens with one attached hydrogen (secondary N) is 2. The van der Waals surface area contributed by atoms with Crippen molar-refractivity contribution >= 4 is 17.5 Å². The summed E-state index contributed by atoms with van der Waals surface area (Å²) in [5.41, 5.74) is 3.46. The molecule has 0 saturated heterocycles. The van der Waals surface area contributed by atoms with E-state index in [-0.39, 0.29) is 11.8 Å². The Morgan fingerprint density at radius 1 is 1.18 bits per heavy atom. The zero-order valence-electron chi connectivity index (χ0n) is 12.4. The van der Waals surface area contributed by atoms with Crippen molar-refractivity contribution in [1.29, 1.82) is 0 Å². The Kier molecular flexibility index (Phi) is 3.92. The zero-order valence-corrected chi connectivity index (χ0v) is 12.4. The van der Waals surface area contributed by atoms with Gasteiger partial charge < -0.3 is 10.6 Å². The molecule has 22 heavy (non-hydrogen) atoms. The monoisotopic (exact) mass is 294 g/mol. The number of carbonyl (C=O) groups excluding carboxylic acids is 2. The maximum atomic E-state index is 12.5. The van der Waals surface area contributed by atoms with Gasteiger partial charge >= 0.3 is 0 Å². The first kappa shape index (κ1) is 14.3. The molecule has 112 valence electrons. The fraction of sp³-hybridized carbons (Fsp3) is 0.222. The molecular weight excluding hydrogens is 276 g/mol. The molecule has 0 aromatic heterocycles. The van der Waals surface area contributed by atoms with Crippen LogP contribution >= 0.6 is 0 Å². The Morgan fingerprint density at radius 2 is 1.91 bits per heavy atom. The molecule has 2 amide bonds. The highest BCUT2D eigenvalue weighted by atomic mass is 16.2. The standard InChI is InChI=1S/C18H18N2O2/c1-2-12-7-4-6-10-15(12)19-18(22)16-11-13-8-3-5-9-14(13)17(21)20-16/h3-10,16H,2,11H2,1H3,(H,19,22)(H,20,21). The van der Waals surface area contributed by atoms with E-state index in [4.69, 9.17) is 0 Å². The van der Waals surface area contributed by atoms with Crippen molar-refractivity contribution in [2.24, 2.45) is 0 Å². The fourth-order valence-electron chi connectivity index (χ4n) is 2.76. The topological polar surface area (TPSA) is 58.2 Å². The van der Waals surface area contributed by atoms with Crippen molar-refractivity contribution in [2.75, 3.05) is 5.32 Å². The number of hydrogen-bond donors (Lipinski definition) is 2. The Bertz CT molecular complexity index is 725. The molecule has 0 bridgehead atoms. The highest BCUT2D eigenvalue weighted by molar-refractivity contribution is 6.04. The van der Waals surface area contributed by atoms with Gasteiger partial charge in [0.1, 0.15) is 6.04 Å². The molecule has 4 heteroatoms. The largest absolute Gasteiger partial charge is 0.340 e. The van der Waals surface area contributed by atoms with E-state index in [9.17, 15) is 9.59 Å². The minimum Gasteiger partial charge on any atom is -0.340 e. The lowest BCUT2D eigenvalue weighted by Gasteiger charge is -2.25. The number of para-hydroxylation sites is 1. The van der Waals surface area contributed by atoms with Crippen LogP contribution in [-0.2, 0) is 17.6 Å². The molecule has 2 aromatic carbocycles. The third-order valence-electron chi connectivity index (χ3n) is 3.96. The third kappa shape index (κ3) is 2.72. The van der Waals surface area contributed by atoms with E-state index < -0.39 is 6.04 Å². The molecule has 1 aliphatic rings. The molecule has 1 heterocycles. The van der Waals surface area contributed by atoms with Crippen LogP contribution in [0.25, 0.3) is 0 Å². The molecule has 1 atom stereocenters. The summed E-state index contributed by atoms with van der Waals surface area (Å²) >= 11 is 0. The fourth-order valence-corrected chi connectivity index (χ4v) is 2.76. The predicted molar refractivity (Wildman–Crippen MR) is 85.8 cm³/mol. The maximum Gasteiger partial charge on any atom is 0.252 e. The molecule has 3 rings (SSSR count). The Labute approximate surface area is 129 Å². The van der Waals surface area contributed by atoms with Crippen LogP contribution in [0.5, 0.6) is 0 Å². The summed E-state index contributed by atoms with van der Waals surface area (Å²) in [4.78, 5) is 24.5. The van der Waals surface area contributed by atoms with Gasteiger partial charge in [0.15, 0.2) is 0 Å². The maximum absolute atomic E-state index is 12.5. The van der Waals surface area contributed by atoms with Crippen LogP contribution in [0.4, 0.5) is 5.69 Å². The number of hydrogen-bond acceptors (Lipinski definition) is 2. The van der Waals surface area contributed by atoms with Crippen LogP contribution in [0.2, 0.25) is 0 Å². The minimum absolute atomic E-state index is 0.177. The highest BCUT2D eigenvalue weighted by Gasteiger charge is 2.28. The van der Waals surface area contributed by atoms with Gasteiger partial charge in [0, 0.05) is 17.7 Å². The molecule has 0 radical (unpaired) electrons. The summed E-state index contributed by atoms with van der Waals surface area (Å²) < 4.78 is 0. The van der Waals surface area contributed by atoms with Crippen molar-refractivity contribution < 1.29 is 9.59 Å². The van der Waals surface area contributed by atoms with E-state index in [1.54, 1.807) is 6.07 Å². The second-order valence-corrected chi connectivity index (χ2v) is 5.39. The molecule has 0 spiro atoms. The normalized spacial score (nSPS) is 16.6. The van der Waals surface area contributed by atoms with Crippen LogP contribution in [-0.4, -0.2) is 17.9 Å². The molecule has 1 aliphatic heterocycles. The van der Waals surface area contributed by atoms with Crippen LogP contribution < -0.4 is 10.6 Å². The number of carbonyl (C=O) groups is 2. The van der Waals surface area contributed by atoms with Gasteiger partial charge in [0.05, 0.1) is 0 Å². The molecule has 2 aromatic rings. The number of amides is 2. The Morgan fingerprint density at radius 3 is 2.73 bits per heavy atom. The average Bonchev–Trinajstić information content (AvgIpc) is 2.55. The molecule has 1 unspecified atom stereocenters. The summed E-state index contributed by atoms with van der Waals surface area (Å²) in [6.45, 7) is 2.05. The molecule has 0 saturated carbocycles. The first-order valence-electron chi connectivity index (χ1n) is 7.46. The van der Waals surface area contributed by atoms with Gasteiger partial charge in [-0.15, -0.1) is 0 Å². The highest BCUT2D eigenvalue weighted by Crippen LogP contribution is 2.19. The van der Waals surface area contributed by atoms with Crippen molar-refractivity contribution in [3.8, 4) is 0 Å². The number of anilines is 1. The Balaban J connectivity index is 1.78. The van der Waals surface area contributed by atoms with E-state index in [1.807, 2.05) is 49.4 Å². The minimum atomic E-state index is -0.535. The first-order chi connectivity index (χ1) is 10.7. The second-order valence-electron chi connectivity index (χ2n) is 5.39. The predicted octanol–water partition coefficient (Wildman–Crippen LogP) is 2.54. The van der Waals surface area contributed by atoms with Gasteiger partial charge in [-0.1, -0.05) is 43.3 Å². The summed E-state index contributed by atoms with van der Waals surface area (Å²) in [6, 6.07) is 14.6. The van der Waals surface area contributed by atoms with Gasteiger partial charge in [-0.2, -0.15) is 0 Å². The third-order valence-corrected chi connectivity index (χ3v) is 3.96. The average molecular weight is 294 g/mol. The van der Waals surface area contributed by atoms with Crippen LogP contribution in [0.1, 0.15) is 28.4 Å². The summed E-state index contributed by atoms with van der Waals surface area (Å²) in [5.74, 6) is -0.366. The van der Waals surface area contributed by atoms with E-state index >= 15 is 0 Å². The molecule has 2 N–H and O–H groups in total. The van der Waals surface area contributed by atoms with Gasteiger partial charge in [0.2, 0.25) is 5.91 Å². The zero-order chi connectivity index (χ0) is 15.5.